The Balaban J connectivity index is 1.88. The highest BCUT2D eigenvalue weighted by Crippen LogP contribution is 2.29. The Morgan fingerprint density at radius 1 is 0.939 bits per heavy atom. The molecule has 0 saturated heterocycles. The second-order valence-electron chi connectivity index (χ2n) is 8.67. The Kier molecular flexibility index (Phi) is 8.15. The summed E-state index contributed by atoms with van der Waals surface area (Å²) in [6.45, 7) is 4.44. The van der Waals surface area contributed by atoms with E-state index in [1.807, 2.05) is 36.3 Å². The van der Waals surface area contributed by atoms with Crippen molar-refractivity contribution in [3.05, 3.63) is 71.2 Å². The third-order valence-corrected chi connectivity index (χ3v) is 6.33. The van der Waals surface area contributed by atoms with Crippen LogP contribution in [-0.2, 0) is 11.3 Å². The van der Waals surface area contributed by atoms with Crippen molar-refractivity contribution in [1.82, 2.24) is 9.88 Å². The molecule has 0 saturated carbocycles. The van der Waals surface area contributed by atoms with E-state index in [9.17, 15) is 13.6 Å². The summed E-state index contributed by atoms with van der Waals surface area (Å²) in [5.41, 5.74) is 2.16. The predicted octanol–water partition coefficient (Wildman–Crippen LogP) is 5.70. The van der Waals surface area contributed by atoms with Crippen LogP contribution in [0.15, 0.2) is 53.9 Å². The molecule has 3 aromatic rings. The molecule has 0 aliphatic rings. The van der Waals surface area contributed by atoms with Gasteiger partial charge >= 0.3 is 0 Å². The third-order valence-electron chi connectivity index (χ3n) is 5.37. The van der Waals surface area contributed by atoms with Crippen LogP contribution in [0.1, 0.15) is 26.0 Å². The number of carbonyl (C=O) groups excluding carboxylic acids is 1. The molecule has 1 aromatic heterocycles. The number of amides is 1. The first-order chi connectivity index (χ1) is 15.7. The summed E-state index contributed by atoms with van der Waals surface area (Å²) in [4.78, 5) is 23.8. The molecule has 8 heteroatoms. The van der Waals surface area contributed by atoms with Gasteiger partial charge in [-0.25, -0.2) is 13.8 Å². The number of carbonyl (C=O) groups is 1. The van der Waals surface area contributed by atoms with E-state index in [1.165, 1.54) is 35.6 Å². The van der Waals surface area contributed by atoms with Gasteiger partial charge in [0, 0.05) is 23.8 Å². The highest BCUT2D eigenvalue weighted by atomic mass is 32.1. The van der Waals surface area contributed by atoms with Crippen molar-refractivity contribution >= 4 is 33.8 Å². The molecule has 2 aromatic carbocycles. The van der Waals surface area contributed by atoms with Crippen molar-refractivity contribution < 1.29 is 13.6 Å². The largest absolute Gasteiger partial charge is 0.321 e. The zero-order valence-electron chi connectivity index (χ0n) is 19.6. The van der Waals surface area contributed by atoms with E-state index in [4.69, 9.17) is 4.98 Å². The Morgan fingerprint density at radius 2 is 1.48 bits per heavy atom. The van der Waals surface area contributed by atoms with E-state index in [0.717, 1.165) is 16.5 Å². The monoisotopic (exact) mass is 472 g/mol. The smallest absolute Gasteiger partial charge is 0.244 e. The van der Waals surface area contributed by atoms with Crippen LogP contribution in [0, 0.1) is 17.6 Å². The molecule has 0 aliphatic carbocycles. The van der Waals surface area contributed by atoms with Gasteiger partial charge in [0.15, 0.2) is 5.13 Å². The van der Waals surface area contributed by atoms with Crippen LogP contribution in [0.4, 0.5) is 25.3 Å². The van der Waals surface area contributed by atoms with Crippen LogP contribution in [-0.4, -0.2) is 43.0 Å². The molecule has 0 radical (unpaired) electrons. The van der Waals surface area contributed by atoms with Gasteiger partial charge in [0.25, 0.3) is 0 Å². The van der Waals surface area contributed by atoms with Crippen molar-refractivity contribution in [2.45, 2.75) is 32.9 Å². The van der Waals surface area contributed by atoms with Crippen LogP contribution >= 0.6 is 11.3 Å². The SMILES string of the molecule is CC(C)CC(C(=O)N(Cc1csc(N(C)c2ccc(F)cc2)n1)c1ccc(F)cc1)N(C)C. The quantitative estimate of drug-likeness (QED) is 0.401. The lowest BCUT2D eigenvalue weighted by Gasteiger charge is -2.31. The van der Waals surface area contributed by atoms with Crippen molar-refractivity contribution in [3.63, 3.8) is 0 Å². The second-order valence-corrected chi connectivity index (χ2v) is 9.50. The number of likely N-dealkylation sites (N-methyl/N-ethyl adjacent to an activating group) is 1. The standard InChI is InChI=1S/C25H30F2N4OS/c1-17(2)14-23(29(3)4)24(32)31(22-12-8-19(27)9-13-22)15-20-16-33-25(28-20)30(5)21-10-6-18(26)7-11-21/h6-13,16-17,23H,14-15H2,1-5H3. The summed E-state index contributed by atoms with van der Waals surface area (Å²) < 4.78 is 26.8. The molecule has 0 N–H and O–H groups in total. The third kappa shape index (κ3) is 6.36. The maximum atomic E-state index is 13.6. The zero-order chi connectivity index (χ0) is 24.1. The number of rotatable bonds is 9. The molecule has 0 spiro atoms. The van der Waals surface area contributed by atoms with Crippen molar-refractivity contribution in [2.75, 3.05) is 30.9 Å². The first kappa shape index (κ1) is 24.8. The molecule has 1 heterocycles. The lowest BCUT2D eigenvalue weighted by Crippen LogP contribution is -2.46. The zero-order valence-corrected chi connectivity index (χ0v) is 20.4. The van der Waals surface area contributed by atoms with Crippen LogP contribution in [0.5, 0.6) is 0 Å². The molecular weight excluding hydrogens is 442 g/mol. The summed E-state index contributed by atoms with van der Waals surface area (Å²) in [5, 5.41) is 2.64. The summed E-state index contributed by atoms with van der Waals surface area (Å²) in [6.07, 6.45) is 0.707. The van der Waals surface area contributed by atoms with Crippen molar-refractivity contribution in [2.24, 2.45) is 5.92 Å². The normalized spacial score (nSPS) is 12.3. The maximum Gasteiger partial charge on any atom is 0.244 e. The second kappa shape index (κ2) is 10.9. The van der Waals surface area contributed by atoms with E-state index in [1.54, 1.807) is 29.2 Å². The molecule has 0 fully saturated rings. The first-order valence-electron chi connectivity index (χ1n) is 10.8. The van der Waals surface area contributed by atoms with E-state index in [2.05, 4.69) is 13.8 Å². The molecule has 176 valence electrons. The number of halogens is 2. The minimum Gasteiger partial charge on any atom is -0.321 e. The number of nitrogens with zero attached hydrogens (tertiary/aromatic N) is 4. The molecular formula is C25H30F2N4OS. The molecule has 1 unspecified atom stereocenters. The Labute approximate surface area is 198 Å². The Hall–Kier alpha value is -2.84. The van der Waals surface area contributed by atoms with Gasteiger partial charge in [-0.2, -0.15) is 0 Å². The summed E-state index contributed by atoms with van der Waals surface area (Å²) in [7, 11) is 5.65. The maximum absolute atomic E-state index is 13.6. The van der Waals surface area contributed by atoms with E-state index < -0.39 is 0 Å². The minimum absolute atomic E-state index is 0.0539. The molecule has 1 atom stereocenters. The van der Waals surface area contributed by atoms with Crippen LogP contribution in [0.2, 0.25) is 0 Å². The van der Waals surface area contributed by atoms with Gasteiger partial charge in [-0.15, -0.1) is 11.3 Å². The lowest BCUT2D eigenvalue weighted by molar-refractivity contribution is -0.123. The molecule has 5 nitrogen and oxygen atoms in total. The van der Waals surface area contributed by atoms with E-state index in [-0.39, 0.29) is 30.1 Å². The lowest BCUT2D eigenvalue weighted by atomic mass is 10.0. The van der Waals surface area contributed by atoms with Crippen molar-refractivity contribution in [1.29, 1.82) is 0 Å². The first-order valence-corrected chi connectivity index (χ1v) is 11.7. The van der Waals surface area contributed by atoms with Gasteiger partial charge in [-0.3, -0.25) is 9.69 Å². The number of aromatic nitrogens is 1. The average molecular weight is 473 g/mol. The minimum atomic E-state index is -0.352. The van der Waals surface area contributed by atoms with Gasteiger partial charge < -0.3 is 9.80 Å². The average Bonchev–Trinajstić information content (AvgIpc) is 3.24. The van der Waals surface area contributed by atoms with Gasteiger partial charge in [-0.05, 0) is 75.0 Å². The fourth-order valence-electron chi connectivity index (χ4n) is 3.54. The molecule has 33 heavy (non-hydrogen) atoms. The van der Waals surface area contributed by atoms with Gasteiger partial charge in [-0.1, -0.05) is 13.8 Å². The summed E-state index contributed by atoms with van der Waals surface area (Å²) in [6, 6.07) is 11.8. The highest BCUT2D eigenvalue weighted by molar-refractivity contribution is 7.13. The van der Waals surface area contributed by atoms with Gasteiger partial charge in [0.1, 0.15) is 11.6 Å². The predicted molar refractivity (Wildman–Crippen MR) is 131 cm³/mol. The van der Waals surface area contributed by atoms with Crippen LogP contribution < -0.4 is 9.80 Å². The summed E-state index contributed by atoms with van der Waals surface area (Å²) in [5.74, 6) is -0.361. The summed E-state index contributed by atoms with van der Waals surface area (Å²) >= 11 is 1.45. The molecule has 1 amide bonds. The number of anilines is 3. The van der Waals surface area contributed by atoms with Crippen LogP contribution in [0.25, 0.3) is 0 Å². The molecule has 0 bridgehead atoms. The topological polar surface area (TPSA) is 39.7 Å². The number of benzene rings is 2. The van der Waals surface area contributed by atoms with Crippen molar-refractivity contribution in [3.8, 4) is 0 Å². The van der Waals surface area contributed by atoms with Gasteiger partial charge in [0.05, 0.1) is 18.3 Å². The highest BCUT2D eigenvalue weighted by Gasteiger charge is 2.29. The van der Waals surface area contributed by atoms with Gasteiger partial charge in [0.2, 0.25) is 5.91 Å². The van der Waals surface area contributed by atoms with E-state index in [0.29, 0.717) is 18.0 Å². The number of hydrogen-bond acceptors (Lipinski definition) is 5. The number of hydrogen-bond donors (Lipinski definition) is 0. The molecule has 0 aliphatic heterocycles. The Bertz CT molecular complexity index is 1050. The van der Waals surface area contributed by atoms with Crippen LogP contribution in [0.3, 0.4) is 0 Å². The fraction of sp³-hybridized carbons (Fsp3) is 0.360. The fourth-order valence-corrected chi connectivity index (χ4v) is 4.34. The number of thiazole rings is 1. The Morgan fingerprint density at radius 3 is 2.00 bits per heavy atom. The van der Waals surface area contributed by atoms with E-state index >= 15 is 0 Å². The molecule has 3 rings (SSSR count).